The molecule has 8 aromatic carbocycles. The van der Waals surface area contributed by atoms with E-state index in [2.05, 4.69) is 204 Å². The van der Waals surface area contributed by atoms with Crippen molar-refractivity contribution in [1.82, 2.24) is 9.97 Å². The van der Waals surface area contributed by atoms with Crippen molar-refractivity contribution in [2.45, 2.75) is 33.1 Å². The summed E-state index contributed by atoms with van der Waals surface area (Å²) in [5.74, 6) is 0. The highest BCUT2D eigenvalue weighted by Gasteiger charge is 2.46. The molecule has 2 aromatic heterocycles. The van der Waals surface area contributed by atoms with Crippen molar-refractivity contribution in [3.05, 3.63) is 227 Å². The van der Waals surface area contributed by atoms with E-state index in [0.717, 1.165) is 27.7 Å². The predicted molar refractivity (Wildman–Crippen MR) is 247 cm³/mol. The lowest BCUT2D eigenvalue weighted by atomic mass is 9.67. The van der Waals surface area contributed by atoms with Crippen LogP contribution < -0.4 is 0 Å². The lowest BCUT2D eigenvalue weighted by molar-refractivity contribution is 0.768. The number of nitrogens with zero attached hydrogens (tertiary/aromatic N) is 2. The van der Waals surface area contributed by atoms with Gasteiger partial charge in [-0.1, -0.05) is 164 Å². The first kappa shape index (κ1) is 35.0. The van der Waals surface area contributed by atoms with Crippen LogP contribution in [-0.2, 0) is 5.41 Å². The smallest absolute Gasteiger partial charge is 0.0975 e. The third kappa shape index (κ3) is 5.26. The number of benzene rings is 8. The fourth-order valence-electron chi connectivity index (χ4n) is 9.91. The van der Waals surface area contributed by atoms with Crippen molar-refractivity contribution in [3.63, 3.8) is 0 Å². The van der Waals surface area contributed by atoms with Crippen molar-refractivity contribution >= 4 is 32.6 Å². The molecule has 0 amide bonds. The average Bonchev–Trinajstić information content (AvgIpc) is 3.60. The summed E-state index contributed by atoms with van der Waals surface area (Å²) in [4.78, 5) is 10.2. The van der Waals surface area contributed by atoms with E-state index in [-0.39, 0.29) is 0 Å². The maximum Gasteiger partial charge on any atom is 0.0975 e. The zero-order valence-electron chi connectivity index (χ0n) is 33.7. The molecular weight excluding hydrogens is 713 g/mol. The molecule has 0 atom stereocenters. The van der Waals surface area contributed by atoms with Crippen molar-refractivity contribution in [2.24, 2.45) is 0 Å². The van der Waals surface area contributed by atoms with Gasteiger partial charge in [0.1, 0.15) is 0 Å². The Morgan fingerprint density at radius 3 is 1.71 bits per heavy atom. The van der Waals surface area contributed by atoms with E-state index >= 15 is 0 Å². The maximum atomic E-state index is 5.35. The summed E-state index contributed by atoms with van der Waals surface area (Å²) >= 11 is 0. The van der Waals surface area contributed by atoms with Gasteiger partial charge in [-0.15, -0.1) is 0 Å². The molecule has 2 heterocycles. The van der Waals surface area contributed by atoms with Gasteiger partial charge in [0, 0.05) is 22.5 Å². The third-order valence-corrected chi connectivity index (χ3v) is 13.2. The Balaban J connectivity index is 0.999. The maximum absolute atomic E-state index is 5.35. The third-order valence-electron chi connectivity index (χ3n) is 13.2. The van der Waals surface area contributed by atoms with E-state index in [1.54, 1.807) is 0 Å². The van der Waals surface area contributed by atoms with Gasteiger partial charge in [0.2, 0.25) is 0 Å². The first-order valence-corrected chi connectivity index (χ1v) is 20.6. The first-order valence-electron chi connectivity index (χ1n) is 20.6. The Morgan fingerprint density at radius 2 is 0.983 bits per heavy atom. The van der Waals surface area contributed by atoms with Crippen LogP contribution >= 0.6 is 0 Å². The second-order valence-corrected chi connectivity index (χ2v) is 16.2. The molecule has 2 nitrogen and oxygen atoms in total. The summed E-state index contributed by atoms with van der Waals surface area (Å²) < 4.78 is 0. The van der Waals surface area contributed by atoms with Gasteiger partial charge < -0.3 is 0 Å². The zero-order chi connectivity index (χ0) is 39.8. The predicted octanol–water partition coefficient (Wildman–Crippen LogP) is 14.5. The molecule has 1 aliphatic rings. The summed E-state index contributed by atoms with van der Waals surface area (Å²) in [6.45, 7) is 8.71. The van der Waals surface area contributed by atoms with Gasteiger partial charge in [-0.3, -0.25) is 4.98 Å². The molecule has 0 aliphatic heterocycles. The fraction of sp³-hybridized carbons (Fsp3) is 0.0877. The van der Waals surface area contributed by atoms with Crippen LogP contribution in [0.5, 0.6) is 0 Å². The molecule has 0 saturated carbocycles. The van der Waals surface area contributed by atoms with Crippen molar-refractivity contribution in [2.75, 3.05) is 0 Å². The van der Waals surface area contributed by atoms with Crippen LogP contribution in [0.4, 0.5) is 0 Å². The molecule has 0 N–H and O–H groups in total. The minimum atomic E-state index is -0.420. The highest BCUT2D eigenvalue weighted by atomic mass is 14.8. The Morgan fingerprint density at radius 1 is 0.407 bits per heavy atom. The molecule has 0 unspecified atom stereocenters. The highest BCUT2D eigenvalue weighted by Crippen LogP contribution is 2.58. The first-order chi connectivity index (χ1) is 28.9. The fourth-order valence-corrected chi connectivity index (χ4v) is 9.91. The molecule has 10 aromatic rings. The van der Waals surface area contributed by atoms with Crippen LogP contribution in [0.1, 0.15) is 44.5 Å². The van der Waals surface area contributed by atoms with Gasteiger partial charge in [0.05, 0.1) is 22.1 Å². The van der Waals surface area contributed by atoms with E-state index < -0.39 is 5.41 Å². The van der Waals surface area contributed by atoms with Gasteiger partial charge in [0.15, 0.2) is 0 Å². The van der Waals surface area contributed by atoms with Crippen molar-refractivity contribution in [1.29, 1.82) is 0 Å². The molecule has 59 heavy (non-hydrogen) atoms. The van der Waals surface area contributed by atoms with E-state index in [1.165, 1.54) is 94.0 Å². The Labute approximate surface area is 345 Å². The van der Waals surface area contributed by atoms with Crippen LogP contribution in [0.2, 0.25) is 0 Å². The quantitative estimate of drug-likeness (QED) is 0.164. The number of rotatable bonds is 5. The lowest BCUT2D eigenvalue weighted by Crippen LogP contribution is -2.28. The monoisotopic (exact) mass is 754 g/mol. The van der Waals surface area contributed by atoms with Crippen LogP contribution in [0.15, 0.2) is 182 Å². The van der Waals surface area contributed by atoms with Crippen molar-refractivity contribution < 1.29 is 0 Å². The standard InChI is InChI=1S/C57H42N2/c1-35-34-58-55-47(36(35)2)30-31-48-37(3)38(4)54(59-56(48)55)43-29-25-40-24-28-42(32-44(40)33-43)39-22-26-41(27-23-39)49-19-13-21-52-53(49)50-18-11-12-20-51(50)57(52,45-14-7-5-8-15-45)46-16-9-6-10-17-46/h5-34H,1-4H3. The molecule has 0 fully saturated rings. The van der Waals surface area contributed by atoms with Gasteiger partial charge in [-0.2, -0.15) is 0 Å². The van der Waals surface area contributed by atoms with Crippen molar-refractivity contribution in [3.8, 4) is 44.6 Å². The molecular formula is C57H42N2. The molecule has 0 bridgehead atoms. The minimum Gasteiger partial charge on any atom is -0.254 e. The van der Waals surface area contributed by atoms with E-state index in [9.17, 15) is 0 Å². The summed E-state index contributed by atoms with van der Waals surface area (Å²) in [6, 6.07) is 65.0. The summed E-state index contributed by atoms with van der Waals surface area (Å²) in [5.41, 5.74) is 21.2. The molecule has 0 saturated heterocycles. The number of fused-ring (bicyclic) bond motifs is 7. The SMILES string of the molecule is Cc1cnc2c(ccc3c(C)c(C)c(-c4ccc5ccc(-c6ccc(-c7cccc8c7-c7ccccc7C8(c7ccccc7)c7ccccc7)cc6)cc5c4)nc32)c1C. The van der Waals surface area contributed by atoms with Crippen LogP contribution in [0.3, 0.4) is 0 Å². The number of aryl methyl sites for hydroxylation is 3. The van der Waals surface area contributed by atoms with E-state index in [1.807, 2.05) is 6.20 Å². The minimum absolute atomic E-state index is 0.420. The molecule has 0 radical (unpaired) electrons. The number of pyridine rings is 2. The number of hydrogen-bond acceptors (Lipinski definition) is 2. The van der Waals surface area contributed by atoms with E-state index in [4.69, 9.17) is 9.97 Å². The highest BCUT2D eigenvalue weighted by molar-refractivity contribution is 6.06. The summed E-state index contributed by atoms with van der Waals surface area (Å²) in [5, 5.41) is 4.74. The molecule has 0 spiro atoms. The summed E-state index contributed by atoms with van der Waals surface area (Å²) in [7, 11) is 0. The topological polar surface area (TPSA) is 25.8 Å². The summed E-state index contributed by atoms with van der Waals surface area (Å²) in [6.07, 6.45) is 1.98. The van der Waals surface area contributed by atoms with Gasteiger partial charge in [-0.25, -0.2) is 4.98 Å². The number of aromatic nitrogens is 2. The van der Waals surface area contributed by atoms with E-state index in [0.29, 0.717) is 0 Å². The molecule has 11 rings (SSSR count). The van der Waals surface area contributed by atoms with Gasteiger partial charge in [-0.05, 0) is 128 Å². The van der Waals surface area contributed by atoms with Crippen LogP contribution in [-0.4, -0.2) is 9.97 Å². The molecule has 1 aliphatic carbocycles. The number of hydrogen-bond donors (Lipinski definition) is 0. The zero-order valence-corrected chi connectivity index (χ0v) is 33.7. The Hall–Kier alpha value is -7.16. The lowest BCUT2D eigenvalue weighted by Gasteiger charge is -2.34. The van der Waals surface area contributed by atoms with Gasteiger partial charge in [0.25, 0.3) is 0 Å². The Kier molecular flexibility index (Phi) is 8.00. The molecule has 2 heteroatoms. The second kappa shape index (κ2) is 13.5. The molecule has 280 valence electrons. The normalized spacial score (nSPS) is 12.9. The second-order valence-electron chi connectivity index (χ2n) is 16.2. The van der Waals surface area contributed by atoms with Gasteiger partial charge >= 0.3 is 0 Å². The van der Waals surface area contributed by atoms with Crippen LogP contribution in [0, 0.1) is 27.7 Å². The largest absolute Gasteiger partial charge is 0.254 e. The van der Waals surface area contributed by atoms with Crippen LogP contribution in [0.25, 0.3) is 77.2 Å². The Bertz CT molecular complexity index is 3250. The average molecular weight is 755 g/mol.